The van der Waals surface area contributed by atoms with E-state index in [0.29, 0.717) is 12.2 Å². The van der Waals surface area contributed by atoms with E-state index in [2.05, 4.69) is 0 Å². The Morgan fingerprint density at radius 3 is 2.50 bits per heavy atom. The van der Waals surface area contributed by atoms with Crippen LogP contribution in [0.25, 0.3) is 0 Å². The Morgan fingerprint density at radius 1 is 1.50 bits per heavy atom. The summed E-state index contributed by atoms with van der Waals surface area (Å²) in [4.78, 5) is 11.3. The number of hydrogen-bond acceptors (Lipinski definition) is 2. The van der Waals surface area contributed by atoms with Crippen LogP contribution in [0.4, 0.5) is 0 Å². The monoisotopic (exact) mass is 169 g/mol. The van der Waals surface area contributed by atoms with Crippen molar-refractivity contribution in [2.75, 3.05) is 0 Å². The van der Waals surface area contributed by atoms with Crippen LogP contribution in [0, 0.1) is 5.92 Å². The van der Waals surface area contributed by atoms with Gasteiger partial charge in [-0.15, -0.1) is 0 Å². The van der Waals surface area contributed by atoms with Crippen LogP contribution in [0.5, 0.6) is 0 Å². The van der Waals surface area contributed by atoms with Crippen molar-refractivity contribution in [3.8, 4) is 0 Å². The van der Waals surface area contributed by atoms with E-state index < -0.39 is 0 Å². The minimum Gasteiger partial charge on any atom is -0.325 e. The molecule has 0 aliphatic heterocycles. The molecule has 0 aromatic heterocycles. The highest BCUT2D eigenvalue weighted by Gasteiger charge is 2.23. The third-order valence-corrected chi connectivity index (χ3v) is 2.18. The Labute approximate surface area is 74.5 Å². The Balaban J connectivity index is 2.10. The molecule has 0 atom stereocenters. The zero-order valence-corrected chi connectivity index (χ0v) is 8.10. The summed E-state index contributed by atoms with van der Waals surface area (Å²) in [6.07, 6.45) is 5.03. The highest BCUT2D eigenvalue weighted by Crippen LogP contribution is 2.33. The summed E-state index contributed by atoms with van der Waals surface area (Å²) in [5.41, 5.74) is 5.42. The fourth-order valence-corrected chi connectivity index (χ4v) is 1.37. The fraction of sp³-hybridized carbons (Fsp3) is 0.900. The highest BCUT2D eigenvalue weighted by atomic mass is 16.1. The number of carbonyl (C=O) groups excluding carboxylic acids is 1. The quantitative estimate of drug-likeness (QED) is 0.682. The molecule has 0 aromatic carbocycles. The van der Waals surface area contributed by atoms with E-state index in [0.717, 1.165) is 18.8 Å². The van der Waals surface area contributed by atoms with Crippen LogP contribution in [0.2, 0.25) is 0 Å². The number of Topliss-reactive ketones (excluding diaryl/α,β-unsaturated/α-hetero) is 1. The van der Waals surface area contributed by atoms with Crippen LogP contribution >= 0.6 is 0 Å². The maximum absolute atomic E-state index is 11.3. The first-order chi connectivity index (χ1) is 5.47. The van der Waals surface area contributed by atoms with Gasteiger partial charge in [0.2, 0.25) is 0 Å². The lowest BCUT2D eigenvalue weighted by Crippen LogP contribution is -2.34. The van der Waals surface area contributed by atoms with Gasteiger partial charge in [-0.05, 0) is 26.2 Å². The average Bonchev–Trinajstić information content (AvgIpc) is 2.61. The molecule has 0 unspecified atom stereocenters. The predicted molar refractivity (Wildman–Crippen MR) is 49.8 cm³/mol. The number of ketones is 1. The van der Waals surface area contributed by atoms with Gasteiger partial charge in [0.15, 0.2) is 0 Å². The molecule has 1 aliphatic rings. The number of hydrogen-bond donors (Lipinski definition) is 1. The molecule has 1 saturated carbocycles. The third-order valence-electron chi connectivity index (χ3n) is 2.18. The van der Waals surface area contributed by atoms with Crippen LogP contribution in [0.15, 0.2) is 0 Å². The minimum atomic E-state index is -0.319. The molecule has 0 heterocycles. The largest absolute Gasteiger partial charge is 0.325 e. The molecule has 0 saturated heterocycles. The van der Waals surface area contributed by atoms with Gasteiger partial charge in [0.05, 0.1) is 0 Å². The van der Waals surface area contributed by atoms with E-state index in [9.17, 15) is 4.79 Å². The summed E-state index contributed by atoms with van der Waals surface area (Å²) in [7, 11) is 0. The fourth-order valence-electron chi connectivity index (χ4n) is 1.37. The van der Waals surface area contributed by atoms with E-state index in [4.69, 9.17) is 5.73 Å². The first-order valence-electron chi connectivity index (χ1n) is 4.78. The van der Waals surface area contributed by atoms with Crippen LogP contribution in [0.3, 0.4) is 0 Å². The van der Waals surface area contributed by atoms with Gasteiger partial charge in [0.25, 0.3) is 0 Å². The maximum atomic E-state index is 11.3. The molecule has 1 aliphatic carbocycles. The van der Waals surface area contributed by atoms with Crippen molar-refractivity contribution < 1.29 is 4.79 Å². The van der Waals surface area contributed by atoms with Crippen LogP contribution in [0.1, 0.15) is 46.0 Å². The highest BCUT2D eigenvalue weighted by molar-refractivity contribution is 5.79. The van der Waals surface area contributed by atoms with E-state index in [1.54, 1.807) is 0 Å². The minimum absolute atomic E-state index is 0.319. The van der Waals surface area contributed by atoms with Gasteiger partial charge in [0, 0.05) is 18.4 Å². The van der Waals surface area contributed by atoms with Gasteiger partial charge >= 0.3 is 0 Å². The molecule has 70 valence electrons. The lowest BCUT2D eigenvalue weighted by atomic mass is 9.96. The van der Waals surface area contributed by atoms with Gasteiger partial charge in [0.1, 0.15) is 5.78 Å². The van der Waals surface area contributed by atoms with Crippen molar-refractivity contribution in [3.05, 3.63) is 0 Å². The lowest BCUT2D eigenvalue weighted by molar-refractivity contribution is -0.120. The molecule has 0 aromatic rings. The third kappa shape index (κ3) is 4.50. The molecule has 0 spiro atoms. The molecule has 0 amide bonds. The van der Waals surface area contributed by atoms with Crippen LogP contribution < -0.4 is 5.73 Å². The van der Waals surface area contributed by atoms with Crippen molar-refractivity contribution in [1.82, 2.24) is 0 Å². The normalized spacial score (nSPS) is 17.9. The first kappa shape index (κ1) is 9.72. The van der Waals surface area contributed by atoms with Crippen molar-refractivity contribution in [3.63, 3.8) is 0 Å². The molecular weight excluding hydrogens is 150 g/mol. The van der Waals surface area contributed by atoms with Gasteiger partial charge in [-0.1, -0.05) is 12.8 Å². The average molecular weight is 169 g/mol. The second-order valence-corrected chi connectivity index (χ2v) is 4.69. The van der Waals surface area contributed by atoms with E-state index >= 15 is 0 Å². The smallest absolute Gasteiger partial charge is 0.134 e. The predicted octanol–water partition coefficient (Wildman–Crippen LogP) is 1.87. The van der Waals surface area contributed by atoms with E-state index in [1.165, 1.54) is 12.8 Å². The number of nitrogens with two attached hydrogens (primary N) is 1. The van der Waals surface area contributed by atoms with Gasteiger partial charge in [-0.3, -0.25) is 4.79 Å². The second-order valence-electron chi connectivity index (χ2n) is 4.69. The van der Waals surface area contributed by atoms with Crippen molar-refractivity contribution in [2.24, 2.45) is 11.7 Å². The molecule has 0 radical (unpaired) electrons. The summed E-state index contributed by atoms with van der Waals surface area (Å²) in [5.74, 6) is 1.18. The van der Waals surface area contributed by atoms with E-state index in [-0.39, 0.29) is 5.54 Å². The van der Waals surface area contributed by atoms with E-state index in [1.807, 2.05) is 13.8 Å². The van der Waals surface area contributed by atoms with Crippen LogP contribution in [-0.4, -0.2) is 11.3 Å². The molecule has 2 N–H and O–H groups in total. The topological polar surface area (TPSA) is 43.1 Å². The molecule has 1 fully saturated rings. The summed E-state index contributed by atoms with van der Waals surface area (Å²) >= 11 is 0. The molecule has 1 rings (SSSR count). The Hall–Kier alpha value is -0.370. The standard InChI is InChI=1S/C10H19NO/c1-10(2,11)7-9(12)6-5-8-3-4-8/h8H,3-7,11H2,1-2H3. The zero-order chi connectivity index (χ0) is 9.19. The first-order valence-corrected chi connectivity index (χ1v) is 4.78. The van der Waals surface area contributed by atoms with Gasteiger partial charge < -0.3 is 5.73 Å². The second kappa shape index (κ2) is 3.56. The van der Waals surface area contributed by atoms with Gasteiger partial charge in [-0.25, -0.2) is 0 Å². The Bertz CT molecular complexity index is 165. The lowest BCUT2D eigenvalue weighted by Gasteiger charge is -2.16. The summed E-state index contributed by atoms with van der Waals surface area (Å²) < 4.78 is 0. The van der Waals surface area contributed by atoms with Crippen molar-refractivity contribution in [1.29, 1.82) is 0 Å². The SMILES string of the molecule is CC(C)(N)CC(=O)CCC1CC1. The Kier molecular flexibility index (Phi) is 2.89. The summed E-state index contributed by atoms with van der Waals surface area (Å²) in [6.45, 7) is 3.81. The summed E-state index contributed by atoms with van der Waals surface area (Å²) in [6, 6.07) is 0. The summed E-state index contributed by atoms with van der Waals surface area (Å²) in [5, 5.41) is 0. The zero-order valence-electron chi connectivity index (χ0n) is 8.10. The molecule has 2 heteroatoms. The van der Waals surface area contributed by atoms with Crippen molar-refractivity contribution in [2.45, 2.75) is 51.5 Å². The molecule has 2 nitrogen and oxygen atoms in total. The molecule has 0 bridgehead atoms. The van der Waals surface area contributed by atoms with Crippen LogP contribution in [-0.2, 0) is 4.79 Å². The van der Waals surface area contributed by atoms with Gasteiger partial charge in [-0.2, -0.15) is 0 Å². The molecular formula is C10H19NO. The number of rotatable bonds is 5. The van der Waals surface area contributed by atoms with Crippen molar-refractivity contribution >= 4 is 5.78 Å². The maximum Gasteiger partial charge on any atom is 0.134 e. The Morgan fingerprint density at radius 2 is 2.08 bits per heavy atom. The molecule has 12 heavy (non-hydrogen) atoms. The number of carbonyl (C=O) groups is 1.